The van der Waals surface area contributed by atoms with Crippen molar-refractivity contribution >= 4 is 6.02 Å². The van der Waals surface area contributed by atoms with Crippen molar-refractivity contribution in [1.82, 2.24) is 4.98 Å². The van der Waals surface area contributed by atoms with Gasteiger partial charge in [0.05, 0.1) is 12.3 Å². The van der Waals surface area contributed by atoms with Gasteiger partial charge in [0, 0.05) is 18.1 Å². The zero-order valence-electron chi connectivity index (χ0n) is 17.1. The molecule has 0 unspecified atom stereocenters. The Hall–Kier alpha value is -2.54. The van der Waals surface area contributed by atoms with Gasteiger partial charge in [-0.05, 0) is 60.4 Å². The van der Waals surface area contributed by atoms with E-state index in [9.17, 15) is 8.78 Å². The van der Waals surface area contributed by atoms with Crippen LogP contribution in [-0.4, -0.2) is 30.8 Å². The van der Waals surface area contributed by atoms with Crippen molar-refractivity contribution in [2.24, 2.45) is 22.1 Å². The molecule has 2 aliphatic carbocycles. The van der Waals surface area contributed by atoms with E-state index in [-0.39, 0.29) is 23.1 Å². The largest absolute Gasteiger partial charge is 0.462 e. The number of amidine groups is 1. The summed E-state index contributed by atoms with van der Waals surface area (Å²) in [7, 11) is 1.76. The summed E-state index contributed by atoms with van der Waals surface area (Å²) >= 11 is 0. The Balaban J connectivity index is 1.64. The second-order valence-electron chi connectivity index (χ2n) is 8.91. The molecule has 158 valence electrons. The molecule has 2 heterocycles. The van der Waals surface area contributed by atoms with Gasteiger partial charge in [-0.15, -0.1) is 0 Å². The lowest BCUT2D eigenvalue weighted by Gasteiger charge is -2.47. The van der Waals surface area contributed by atoms with Crippen LogP contribution in [0.15, 0.2) is 35.5 Å². The lowest BCUT2D eigenvalue weighted by atomic mass is 9.59. The number of pyridine rings is 1. The predicted octanol–water partition coefficient (Wildman–Crippen LogP) is 3.94. The maximum Gasteiger partial charge on any atom is 0.283 e. The first-order valence-electron chi connectivity index (χ1n) is 10.3. The van der Waals surface area contributed by atoms with Crippen molar-refractivity contribution in [3.05, 3.63) is 53.4 Å². The van der Waals surface area contributed by atoms with Crippen molar-refractivity contribution in [3.63, 3.8) is 0 Å². The summed E-state index contributed by atoms with van der Waals surface area (Å²) in [5, 5.41) is 0. The van der Waals surface area contributed by atoms with Gasteiger partial charge in [0.15, 0.2) is 0 Å². The van der Waals surface area contributed by atoms with E-state index in [1.165, 1.54) is 6.07 Å². The van der Waals surface area contributed by atoms with Crippen LogP contribution in [0.25, 0.3) is 11.1 Å². The highest BCUT2D eigenvalue weighted by Gasteiger charge is 2.62. The fourth-order valence-electron chi connectivity index (χ4n) is 5.98. The Morgan fingerprint density at radius 1 is 1.27 bits per heavy atom. The van der Waals surface area contributed by atoms with E-state index in [1.807, 2.05) is 18.2 Å². The molecule has 2 aromatic rings. The highest BCUT2D eigenvalue weighted by atomic mass is 19.1. The molecule has 1 aromatic carbocycles. The molecule has 3 aliphatic rings. The summed E-state index contributed by atoms with van der Waals surface area (Å²) in [5.41, 5.74) is 8.12. The molecular formula is C23H25F2N3O2. The number of aromatic nitrogens is 1. The zero-order valence-corrected chi connectivity index (χ0v) is 17.1. The van der Waals surface area contributed by atoms with E-state index in [1.54, 1.807) is 7.11 Å². The minimum absolute atomic E-state index is 0.137. The van der Waals surface area contributed by atoms with E-state index in [0.29, 0.717) is 18.1 Å². The Bertz CT molecular complexity index is 1040. The summed E-state index contributed by atoms with van der Waals surface area (Å²) in [6, 6.07) is 7.12. The first kappa shape index (κ1) is 19.4. The van der Waals surface area contributed by atoms with Gasteiger partial charge in [-0.25, -0.2) is 14.4 Å². The van der Waals surface area contributed by atoms with Crippen LogP contribution < -0.4 is 5.73 Å². The smallest absolute Gasteiger partial charge is 0.283 e. The van der Waals surface area contributed by atoms with E-state index < -0.39 is 17.3 Å². The molecule has 5 nitrogen and oxygen atoms in total. The molecule has 0 saturated heterocycles. The molecule has 1 aliphatic heterocycles. The van der Waals surface area contributed by atoms with Crippen LogP contribution in [-0.2, 0) is 21.4 Å². The third-order valence-electron chi connectivity index (χ3n) is 7.37. The van der Waals surface area contributed by atoms with E-state index >= 15 is 0 Å². The average Bonchev–Trinajstić information content (AvgIpc) is 3.23. The van der Waals surface area contributed by atoms with Gasteiger partial charge in [0.1, 0.15) is 18.0 Å². The maximum atomic E-state index is 14.4. The summed E-state index contributed by atoms with van der Waals surface area (Å²) in [6.07, 6.45) is 4.78. The predicted molar refractivity (Wildman–Crippen MR) is 109 cm³/mol. The third kappa shape index (κ3) is 2.68. The van der Waals surface area contributed by atoms with Gasteiger partial charge < -0.3 is 15.2 Å². The molecule has 0 radical (unpaired) electrons. The molecule has 7 heteroatoms. The molecular weight excluding hydrogens is 388 g/mol. The number of hydrogen-bond acceptors (Lipinski definition) is 5. The van der Waals surface area contributed by atoms with Crippen molar-refractivity contribution in [1.29, 1.82) is 0 Å². The molecule has 2 spiro atoms. The number of ether oxygens (including phenoxy) is 2. The molecule has 4 atom stereocenters. The monoisotopic (exact) mass is 413 g/mol. The Kier molecular flexibility index (Phi) is 4.36. The van der Waals surface area contributed by atoms with Gasteiger partial charge >= 0.3 is 0 Å². The topological polar surface area (TPSA) is 69.7 Å². The van der Waals surface area contributed by atoms with Gasteiger partial charge in [-0.1, -0.05) is 19.1 Å². The number of fused-ring (bicyclic) bond motifs is 3. The molecule has 1 aromatic heterocycles. The van der Waals surface area contributed by atoms with Crippen LogP contribution in [0.4, 0.5) is 8.78 Å². The normalized spacial score (nSPS) is 32.3. The van der Waals surface area contributed by atoms with E-state index in [0.717, 1.165) is 43.0 Å². The van der Waals surface area contributed by atoms with Crippen molar-refractivity contribution in [2.45, 2.75) is 44.2 Å². The number of hydrogen-bond donors (Lipinski definition) is 1. The highest BCUT2D eigenvalue weighted by molar-refractivity contribution is 5.76. The lowest BCUT2D eigenvalue weighted by Crippen LogP contribution is -2.48. The molecule has 0 bridgehead atoms. The van der Waals surface area contributed by atoms with Crippen LogP contribution in [0.1, 0.15) is 37.3 Å². The third-order valence-corrected chi connectivity index (χ3v) is 7.37. The zero-order chi connectivity index (χ0) is 21.1. The summed E-state index contributed by atoms with van der Waals surface area (Å²) in [5.74, 6) is -0.898. The van der Waals surface area contributed by atoms with Crippen molar-refractivity contribution < 1.29 is 18.3 Å². The fraction of sp³-hybridized carbons (Fsp3) is 0.478. The van der Waals surface area contributed by atoms with Crippen molar-refractivity contribution in [3.8, 4) is 11.1 Å². The maximum absolute atomic E-state index is 14.4. The van der Waals surface area contributed by atoms with E-state index in [4.69, 9.17) is 20.2 Å². The first-order chi connectivity index (χ1) is 14.4. The number of nitrogens with two attached hydrogens (primary N) is 1. The lowest BCUT2D eigenvalue weighted by molar-refractivity contribution is -0.0445. The molecule has 5 rings (SSSR count). The molecule has 30 heavy (non-hydrogen) atoms. The summed E-state index contributed by atoms with van der Waals surface area (Å²) in [6.45, 7) is 2.58. The second-order valence-corrected chi connectivity index (χ2v) is 8.91. The number of rotatable bonds is 2. The van der Waals surface area contributed by atoms with Gasteiger partial charge in [0.25, 0.3) is 6.02 Å². The average molecular weight is 413 g/mol. The molecule has 1 fully saturated rings. The number of halogens is 2. The molecule has 2 N–H and O–H groups in total. The molecule has 0 amide bonds. The minimum Gasteiger partial charge on any atom is -0.462 e. The first-order valence-corrected chi connectivity index (χ1v) is 10.3. The standard InChI is InChI=1S/C23H25F2N3O2/c1-13-9-22(6-5-19(13)29-2)10-15-4-3-14(17-8-16(24)11-27-20(17)25)7-18(15)23(22)12-30-21(26)28-23/h3-4,7-8,11,13,19H,5-6,9-10,12H2,1-2H3,(H2,26,28)/t13-,19-,22-,23-/m0/s1. The Morgan fingerprint density at radius 3 is 2.80 bits per heavy atom. The van der Waals surface area contributed by atoms with Gasteiger partial charge in [0.2, 0.25) is 5.95 Å². The summed E-state index contributed by atoms with van der Waals surface area (Å²) < 4.78 is 39.5. The summed E-state index contributed by atoms with van der Waals surface area (Å²) in [4.78, 5) is 8.38. The van der Waals surface area contributed by atoms with E-state index in [2.05, 4.69) is 11.9 Å². The SMILES string of the molecule is CO[C@H]1CC[C@@]2(Cc3ccc(-c4cc(F)cnc4F)cc3[C@@]23COC(N)=N3)C[C@@H]1C. The van der Waals surface area contributed by atoms with Crippen LogP contribution in [0, 0.1) is 23.1 Å². The van der Waals surface area contributed by atoms with Crippen LogP contribution in [0.5, 0.6) is 0 Å². The fourth-order valence-corrected chi connectivity index (χ4v) is 5.98. The van der Waals surface area contributed by atoms with Crippen LogP contribution in [0.3, 0.4) is 0 Å². The van der Waals surface area contributed by atoms with Crippen LogP contribution in [0.2, 0.25) is 0 Å². The Morgan fingerprint density at radius 2 is 2.10 bits per heavy atom. The Labute approximate surface area is 174 Å². The number of aliphatic imine (C=N–C) groups is 1. The second kappa shape index (κ2) is 6.74. The van der Waals surface area contributed by atoms with Gasteiger partial charge in [-0.3, -0.25) is 0 Å². The quantitative estimate of drug-likeness (QED) is 0.757. The minimum atomic E-state index is -0.696. The van der Waals surface area contributed by atoms with Crippen LogP contribution >= 0.6 is 0 Å². The number of nitrogens with zero attached hydrogens (tertiary/aromatic N) is 2. The molecule has 1 saturated carbocycles. The number of benzene rings is 1. The highest BCUT2D eigenvalue weighted by Crippen LogP contribution is 2.62. The van der Waals surface area contributed by atoms with Crippen molar-refractivity contribution in [2.75, 3.05) is 13.7 Å². The van der Waals surface area contributed by atoms with Gasteiger partial charge in [-0.2, -0.15) is 4.39 Å². The number of methoxy groups -OCH3 is 1.